The summed E-state index contributed by atoms with van der Waals surface area (Å²) in [4.78, 5) is 16.2. The maximum atomic E-state index is 12.6. The molecule has 0 amide bonds. The lowest BCUT2D eigenvalue weighted by Crippen LogP contribution is -2.50. The molecule has 116 valence electrons. The van der Waals surface area contributed by atoms with Gasteiger partial charge in [-0.2, -0.15) is 0 Å². The molecule has 22 heavy (non-hydrogen) atoms. The minimum atomic E-state index is -0.200. The summed E-state index contributed by atoms with van der Waals surface area (Å²) in [6, 6.07) is 6.14. The largest absolute Gasteiger partial charge is 0.357 e. The van der Waals surface area contributed by atoms with Crippen LogP contribution in [-0.4, -0.2) is 17.3 Å². The van der Waals surface area contributed by atoms with Crippen LogP contribution in [0.2, 0.25) is 5.02 Å². The first-order valence-electron chi connectivity index (χ1n) is 8.22. The number of carbonyl (C=O) groups is 1. The highest BCUT2D eigenvalue weighted by Crippen LogP contribution is 2.53. The van der Waals surface area contributed by atoms with Crippen LogP contribution in [0.15, 0.2) is 18.2 Å². The highest BCUT2D eigenvalue weighted by atomic mass is 35.5. The van der Waals surface area contributed by atoms with Gasteiger partial charge in [-0.3, -0.25) is 4.79 Å². The Morgan fingerprint density at radius 3 is 2.91 bits per heavy atom. The summed E-state index contributed by atoms with van der Waals surface area (Å²) < 4.78 is 0. The number of ketones is 1. The van der Waals surface area contributed by atoms with E-state index in [4.69, 9.17) is 11.6 Å². The maximum absolute atomic E-state index is 12.6. The van der Waals surface area contributed by atoms with E-state index in [2.05, 4.69) is 10.3 Å². The second-order valence-corrected chi connectivity index (χ2v) is 7.07. The smallest absolute Gasteiger partial charge is 0.140 e. The Morgan fingerprint density at radius 1 is 1.41 bits per heavy atom. The van der Waals surface area contributed by atoms with Gasteiger partial charge in [0.2, 0.25) is 0 Å². The number of aromatic amines is 1. The lowest BCUT2D eigenvalue weighted by Gasteiger charge is -2.48. The summed E-state index contributed by atoms with van der Waals surface area (Å²) in [5.41, 5.74) is 3.48. The van der Waals surface area contributed by atoms with Crippen molar-refractivity contribution in [3.8, 4) is 0 Å². The molecule has 3 nitrogen and oxygen atoms in total. The predicted octanol–water partition coefficient (Wildman–Crippen LogP) is 4.16. The first-order valence-corrected chi connectivity index (χ1v) is 8.60. The zero-order chi connectivity index (χ0) is 15.3. The van der Waals surface area contributed by atoms with Crippen LogP contribution in [0.5, 0.6) is 0 Å². The molecule has 0 spiro atoms. The van der Waals surface area contributed by atoms with E-state index in [-0.39, 0.29) is 11.5 Å². The maximum Gasteiger partial charge on any atom is 0.140 e. The lowest BCUT2D eigenvalue weighted by molar-refractivity contribution is -0.136. The number of hydrogen-bond donors (Lipinski definition) is 2. The zero-order valence-electron chi connectivity index (χ0n) is 12.8. The number of Topliss-reactive ketones (excluding diaryl/α,β-unsaturated/α-hetero) is 1. The molecule has 2 aliphatic rings. The molecule has 1 fully saturated rings. The summed E-state index contributed by atoms with van der Waals surface area (Å²) in [6.45, 7) is 2.91. The molecule has 1 aliphatic carbocycles. The minimum absolute atomic E-state index is 0.128. The first kappa shape index (κ1) is 14.3. The number of halogens is 1. The highest BCUT2D eigenvalue weighted by Gasteiger charge is 2.51. The SMILES string of the molecule is CCC(=O)C1(C2NCCc3c2[nH]c2ccc(Cl)cc32)CCC1. The number of hydrogen-bond acceptors (Lipinski definition) is 2. The molecule has 2 N–H and O–H groups in total. The molecule has 0 radical (unpaired) electrons. The van der Waals surface area contributed by atoms with Gasteiger partial charge in [-0.25, -0.2) is 0 Å². The van der Waals surface area contributed by atoms with Gasteiger partial charge in [0.05, 0.1) is 6.04 Å². The number of fused-ring (bicyclic) bond motifs is 3. The van der Waals surface area contributed by atoms with Gasteiger partial charge >= 0.3 is 0 Å². The van der Waals surface area contributed by atoms with E-state index in [1.807, 2.05) is 25.1 Å². The van der Waals surface area contributed by atoms with Gasteiger partial charge in [-0.1, -0.05) is 24.9 Å². The van der Waals surface area contributed by atoms with Crippen molar-refractivity contribution in [3.05, 3.63) is 34.5 Å². The number of aromatic nitrogens is 1. The van der Waals surface area contributed by atoms with Crippen LogP contribution in [0.3, 0.4) is 0 Å². The van der Waals surface area contributed by atoms with E-state index in [0.717, 1.165) is 42.8 Å². The van der Waals surface area contributed by atoms with E-state index < -0.39 is 0 Å². The van der Waals surface area contributed by atoms with Crippen LogP contribution in [-0.2, 0) is 11.2 Å². The average Bonchev–Trinajstić information content (AvgIpc) is 2.85. The number of carbonyl (C=O) groups excluding carboxylic acids is 1. The van der Waals surface area contributed by atoms with Crippen molar-refractivity contribution in [2.45, 2.75) is 45.1 Å². The summed E-state index contributed by atoms with van der Waals surface area (Å²) in [5.74, 6) is 0.404. The van der Waals surface area contributed by atoms with E-state index in [9.17, 15) is 4.79 Å². The second kappa shape index (κ2) is 5.10. The Morgan fingerprint density at radius 2 is 2.23 bits per heavy atom. The van der Waals surface area contributed by atoms with Crippen LogP contribution >= 0.6 is 11.6 Å². The number of benzene rings is 1. The Kier molecular flexibility index (Phi) is 3.31. The van der Waals surface area contributed by atoms with Crippen LogP contribution in [0.4, 0.5) is 0 Å². The number of H-pyrrole nitrogens is 1. The summed E-state index contributed by atoms with van der Waals surface area (Å²) in [6.07, 6.45) is 4.78. The summed E-state index contributed by atoms with van der Waals surface area (Å²) in [5, 5.41) is 5.61. The molecule has 1 aromatic heterocycles. The van der Waals surface area contributed by atoms with Crippen molar-refractivity contribution in [1.29, 1.82) is 0 Å². The van der Waals surface area contributed by atoms with Crippen molar-refractivity contribution >= 4 is 28.3 Å². The highest BCUT2D eigenvalue weighted by molar-refractivity contribution is 6.31. The topological polar surface area (TPSA) is 44.9 Å². The molecule has 1 aliphatic heterocycles. The Labute approximate surface area is 135 Å². The van der Waals surface area contributed by atoms with Crippen molar-refractivity contribution in [3.63, 3.8) is 0 Å². The minimum Gasteiger partial charge on any atom is -0.357 e. The Bertz CT molecular complexity index is 745. The fourth-order valence-corrected chi connectivity index (χ4v) is 4.48. The molecule has 1 saturated carbocycles. The molecule has 0 saturated heterocycles. The van der Waals surface area contributed by atoms with Gasteiger partial charge in [0.25, 0.3) is 0 Å². The zero-order valence-corrected chi connectivity index (χ0v) is 13.6. The van der Waals surface area contributed by atoms with E-state index >= 15 is 0 Å². The molecular formula is C18H21ClN2O. The summed E-state index contributed by atoms with van der Waals surface area (Å²) in [7, 11) is 0. The fourth-order valence-electron chi connectivity index (χ4n) is 4.31. The normalized spacial score (nSPS) is 23.1. The quantitative estimate of drug-likeness (QED) is 0.893. The third-order valence-electron chi connectivity index (χ3n) is 5.59. The molecular weight excluding hydrogens is 296 g/mol. The average molecular weight is 317 g/mol. The standard InChI is InChI=1S/C18H21ClN2O/c1-2-15(22)18(7-3-8-18)17-16-12(6-9-20-17)13-10-11(19)4-5-14(13)21-16/h4-5,10,17,20-21H,2-3,6-9H2,1H3. The number of nitrogens with one attached hydrogen (secondary N) is 2. The van der Waals surface area contributed by atoms with Crippen molar-refractivity contribution in [1.82, 2.24) is 10.3 Å². The molecule has 1 atom stereocenters. The monoisotopic (exact) mass is 316 g/mol. The molecule has 1 aromatic carbocycles. The van der Waals surface area contributed by atoms with Gasteiger partial charge < -0.3 is 10.3 Å². The first-order chi connectivity index (χ1) is 10.7. The van der Waals surface area contributed by atoms with Gasteiger partial charge in [-0.05, 0) is 49.6 Å². The van der Waals surface area contributed by atoms with Gasteiger partial charge in [0, 0.05) is 33.5 Å². The predicted molar refractivity (Wildman–Crippen MR) is 89.3 cm³/mol. The van der Waals surface area contributed by atoms with Crippen molar-refractivity contribution in [2.24, 2.45) is 5.41 Å². The molecule has 4 rings (SSSR count). The van der Waals surface area contributed by atoms with Gasteiger partial charge in [-0.15, -0.1) is 0 Å². The molecule has 0 bridgehead atoms. The van der Waals surface area contributed by atoms with Crippen LogP contribution in [0.25, 0.3) is 10.9 Å². The van der Waals surface area contributed by atoms with Crippen molar-refractivity contribution < 1.29 is 4.79 Å². The Balaban J connectivity index is 1.85. The van der Waals surface area contributed by atoms with E-state index in [1.165, 1.54) is 16.6 Å². The van der Waals surface area contributed by atoms with Crippen LogP contribution in [0.1, 0.15) is 49.9 Å². The van der Waals surface area contributed by atoms with Crippen LogP contribution in [0, 0.1) is 5.41 Å². The second-order valence-electron chi connectivity index (χ2n) is 6.63. The lowest BCUT2D eigenvalue weighted by atomic mass is 9.59. The van der Waals surface area contributed by atoms with E-state index in [0.29, 0.717) is 12.2 Å². The molecule has 1 unspecified atom stereocenters. The molecule has 2 heterocycles. The third kappa shape index (κ3) is 1.88. The van der Waals surface area contributed by atoms with Gasteiger partial charge in [0.15, 0.2) is 0 Å². The third-order valence-corrected chi connectivity index (χ3v) is 5.82. The van der Waals surface area contributed by atoms with Crippen LogP contribution < -0.4 is 5.32 Å². The molecule has 4 heteroatoms. The van der Waals surface area contributed by atoms with Gasteiger partial charge in [0.1, 0.15) is 5.78 Å². The fraction of sp³-hybridized carbons (Fsp3) is 0.500. The number of rotatable bonds is 3. The summed E-state index contributed by atoms with van der Waals surface area (Å²) >= 11 is 6.17. The van der Waals surface area contributed by atoms with Crippen molar-refractivity contribution in [2.75, 3.05) is 6.54 Å². The Hall–Kier alpha value is -1.32. The van der Waals surface area contributed by atoms with E-state index in [1.54, 1.807) is 0 Å². The molecule has 2 aromatic rings.